The number of ether oxygens (including phenoxy) is 1. The molecule has 0 atom stereocenters. The summed E-state index contributed by atoms with van der Waals surface area (Å²) in [5, 5.41) is 11.8. The average Bonchev–Trinajstić information content (AvgIpc) is 2.94. The number of amides is 1. The van der Waals surface area contributed by atoms with Crippen LogP contribution in [0.5, 0.6) is 5.75 Å². The van der Waals surface area contributed by atoms with E-state index in [1.165, 1.54) is 18.2 Å². The summed E-state index contributed by atoms with van der Waals surface area (Å²) in [7, 11) is 0. The van der Waals surface area contributed by atoms with Crippen LogP contribution >= 0.6 is 0 Å². The number of aryl methyl sites for hydroxylation is 1. The summed E-state index contributed by atoms with van der Waals surface area (Å²) in [5.74, 6) is -1.93. The topological polar surface area (TPSA) is 75.6 Å². The zero-order chi connectivity index (χ0) is 17.8. The molecule has 0 radical (unpaired) electrons. The lowest BCUT2D eigenvalue weighted by Crippen LogP contribution is -2.52. The van der Waals surface area contributed by atoms with E-state index in [1.807, 2.05) is 0 Å². The number of carbonyl (C=O) groups is 2. The van der Waals surface area contributed by atoms with Crippen molar-refractivity contribution in [1.82, 2.24) is 5.32 Å². The lowest BCUT2D eigenvalue weighted by atomic mass is 9.97. The molecule has 1 fully saturated rings. The highest BCUT2D eigenvalue weighted by molar-refractivity contribution is 5.87. The Balaban J connectivity index is 1.98. The van der Waals surface area contributed by atoms with Gasteiger partial charge in [-0.3, -0.25) is 4.79 Å². The van der Waals surface area contributed by atoms with Gasteiger partial charge >= 0.3 is 12.3 Å². The molecule has 0 aliphatic heterocycles. The van der Waals surface area contributed by atoms with E-state index in [0.29, 0.717) is 12.8 Å². The molecule has 0 spiro atoms. The maximum atomic E-state index is 12.4. The zero-order valence-electron chi connectivity index (χ0n) is 12.9. The minimum absolute atomic E-state index is 0.0216. The monoisotopic (exact) mass is 345 g/mol. The quantitative estimate of drug-likeness (QED) is 0.831. The molecule has 1 saturated carbocycles. The predicted octanol–water partition coefficient (Wildman–Crippen LogP) is 3.03. The van der Waals surface area contributed by atoms with Gasteiger partial charge in [0.25, 0.3) is 0 Å². The minimum atomic E-state index is -4.81. The van der Waals surface area contributed by atoms with Crippen LogP contribution in [0.1, 0.15) is 37.7 Å². The Morgan fingerprint density at radius 3 is 2.42 bits per heavy atom. The second-order valence-electron chi connectivity index (χ2n) is 5.80. The number of carbonyl (C=O) groups excluding carboxylic acids is 1. The molecule has 0 heterocycles. The molecule has 0 saturated heterocycles. The minimum Gasteiger partial charge on any atom is -0.480 e. The number of aliphatic carboxylic acids is 1. The summed E-state index contributed by atoms with van der Waals surface area (Å²) in [5.41, 5.74) is -1.01. The Bertz CT molecular complexity index is 610. The molecule has 8 heteroatoms. The Morgan fingerprint density at radius 1 is 1.21 bits per heavy atom. The van der Waals surface area contributed by atoms with Gasteiger partial charge in [-0.1, -0.05) is 31.0 Å². The number of halogens is 3. The maximum absolute atomic E-state index is 12.4. The van der Waals surface area contributed by atoms with Crippen LogP contribution in [0.2, 0.25) is 0 Å². The molecular weight excluding hydrogens is 327 g/mol. The number of rotatable bonds is 6. The first-order chi connectivity index (χ1) is 11.2. The predicted molar refractivity (Wildman–Crippen MR) is 78.4 cm³/mol. The number of nitrogens with one attached hydrogen (secondary N) is 1. The highest BCUT2D eigenvalue weighted by Gasteiger charge is 2.42. The Hall–Kier alpha value is -2.25. The summed E-state index contributed by atoms with van der Waals surface area (Å²) in [6.45, 7) is 0. The van der Waals surface area contributed by atoms with Crippen molar-refractivity contribution >= 4 is 11.9 Å². The van der Waals surface area contributed by atoms with Gasteiger partial charge in [-0.25, -0.2) is 4.79 Å². The van der Waals surface area contributed by atoms with Crippen molar-refractivity contribution in [3.63, 3.8) is 0 Å². The fourth-order valence-electron chi connectivity index (χ4n) is 2.88. The number of benzene rings is 1. The lowest BCUT2D eigenvalue weighted by Gasteiger charge is -2.25. The van der Waals surface area contributed by atoms with E-state index in [-0.39, 0.29) is 24.2 Å². The van der Waals surface area contributed by atoms with Crippen LogP contribution in [0.4, 0.5) is 13.2 Å². The second-order valence-corrected chi connectivity index (χ2v) is 5.80. The Kier molecular flexibility index (Phi) is 5.36. The molecule has 1 aliphatic rings. The number of carboxylic acids is 1. The fraction of sp³-hybridized carbons (Fsp3) is 0.500. The highest BCUT2D eigenvalue weighted by Crippen LogP contribution is 2.30. The summed E-state index contributed by atoms with van der Waals surface area (Å²) in [4.78, 5) is 23.4. The van der Waals surface area contributed by atoms with E-state index >= 15 is 0 Å². The van der Waals surface area contributed by atoms with Crippen LogP contribution in [-0.4, -0.2) is 28.9 Å². The third-order valence-electron chi connectivity index (χ3n) is 4.06. The number of hydrogen-bond acceptors (Lipinski definition) is 3. The lowest BCUT2D eigenvalue weighted by molar-refractivity contribution is -0.274. The van der Waals surface area contributed by atoms with Crippen LogP contribution in [0.25, 0.3) is 0 Å². The molecule has 1 aromatic carbocycles. The second kappa shape index (κ2) is 7.11. The average molecular weight is 345 g/mol. The molecule has 0 aromatic heterocycles. The van der Waals surface area contributed by atoms with Crippen molar-refractivity contribution in [2.45, 2.75) is 50.4 Å². The van der Waals surface area contributed by atoms with Gasteiger partial charge in [-0.15, -0.1) is 13.2 Å². The van der Waals surface area contributed by atoms with Crippen LogP contribution in [0, 0.1) is 0 Å². The van der Waals surface area contributed by atoms with Gasteiger partial charge in [0.05, 0.1) is 0 Å². The normalized spacial score (nSPS) is 16.6. The fourth-order valence-corrected chi connectivity index (χ4v) is 2.88. The van der Waals surface area contributed by atoms with Crippen molar-refractivity contribution < 1.29 is 32.6 Å². The molecule has 0 unspecified atom stereocenters. The standard InChI is InChI=1S/C16H18F3NO4/c17-16(18,19)24-12-6-2-1-5-11(12)7-8-13(21)20-15(14(22)23)9-3-4-10-15/h1-2,5-6H,3-4,7-10H2,(H,20,21)(H,22,23). The maximum Gasteiger partial charge on any atom is 0.573 e. The van der Waals surface area contributed by atoms with Crippen molar-refractivity contribution in [2.75, 3.05) is 0 Å². The summed E-state index contributed by atoms with van der Waals surface area (Å²) < 4.78 is 41.0. The summed E-state index contributed by atoms with van der Waals surface area (Å²) in [6, 6.07) is 5.57. The first kappa shape index (κ1) is 18.1. The molecule has 2 rings (SSSR count). The van der Waals surface area contributed by atoms with Gasteiger partial charge in [0.15, 0.2) is 0 Å². The summed E-state index contributed by atoms with van der Waals surface area (Å²) in [6.07, 6.45) is -2.75. The molecule has 1 aliphatic carbocycles. The summed E-state index contributed by atoms with van der Waals surface area (Å²) >= 11 is 0. The molecule has 0 bridgehead atoms. The third kappa shape index (κ3) is 4.62. The van der Waals surface area contributed by atoms with Crippen LogP contribution in [-0.2, 0) is 16.0 Å². The van der Waals surface area contributed by atoms with E-state index in [1.54, 1.807) is 6.07 Å². The zero-order valence-corrected chi connectivity index (χ0v) is 12.9. The van der Waals surface area contributed by atoms with Crippen LogP contribution in [0.15, 0.2) is 24.3 Å². The van der Waals surface area contributed by atoms with Crippen molar-refractivity contribution in [3.05, 3.63) is 29.8 Å². The molecule has 1 aromatic rings. The first-order valence-electron chi connectivity index (χ1n) is 7.60. The van der Waals surface area contributed by atoms with E-state index in [4.69, 9.17) is 0 Å². The van der Waals surface area contributed by atoms with Crippen molar-refractivity contribution in [3.8, 4) is 5.75 Å². The van der Waals surface area contributed by atoms with E-state index in [9.17, 15) is 27.9 Å². The van der Waals surface area contributed by atoms with Gasteiger partial charge in [0.2, 0.25) is 5.91 Å². The Morgan fingerprint density at radius 2 is 1.83 bits per heavy atom. The van der Waals surface area contributed by atoms with Gasteiger partial charge in [-0.05, 0) is 30.9 Å². The number of alkyl halides is 3. The number of para-hydroxylation sites is 1. The molecule has 24 heavy (non-hydrogen) atoms. The SMILES string of the molecule is O=C(CCc1ccccc1OC(F)(F)F)NC1(C(=O)O)CCCC1. The van der Waals surface area contributed by atoms with Crippen molar-refractivity contribution in [2.24, 2.45) is 0 Å². The van der Waals surface area contributed by atoms with Crippen LogP contribution in [0.3, 0.4) is 0 Å². The van der Waals surface area contributed by atoms with Crippen molar-refractivity contribution in [1.29, 1.82) is 0 Å². The third-order valence-corrected chi connectivity index (χ3v) is 4.06. The number of carboxylic acid groups (broad SMARTS) is 1. The Labute approximate surface area is 136 Å². The molecular formula is C16H18F3NO4. The molecule has 132 valence electrons. The van der Waals surface area contributed by atoms with Gasteiger partial charge < -0.3 is 15.2 Å². The highest BCUT2D eigenvalue weighted by atomic mass is 19.4. The molecule has 1 amide bonds. The van der Waals surface area contributed by atoms with E-state index in [2.05, 4.69) is 10.1 Å². The van der Waals surface area contributed by atoms with Gasteiger partial charge in [0.1, 0.15) is 11.3 Å². The number of hydrogen-bond donors (Lipinski definition) is 2. The van der Waals surface area contributed by atoms with Gasteiger partial charge in [-0.2, -0.15) is 0 Å². The largest absolute Gasteiger partial charge is 0.573 e. The molecule has 5 nitrogen and oxygen atoms in total. The van der Waals surface area contributed by atoms with E-state index < -0.39 is 23.8 Å². The molecule has 2 N–H and O–H groups in total. The van der Waals surface area contributed by atoms with Gasteiger partial charge in [0, 0.05) is 6.42 Å². The first-order valence-corrected chi connectivity index (χ1v) is 7.60. The van der Waals surface area contributed by atoms with Crippen LogP contribution < -0.4 is 10.1 Å². The van der Waals surface area contributed by atoms with E-state index in [0.717, 1.165) is 12.8 Å². The smallest absolute Gasteiger partial charge is 0.480 e.